The van der Waals surface area contributed by atoms with E-state index in [4.69, 9.17) is 4.74 Å². The molecule has 2 aromatic rings. The molecule has 5 nitrogen and oxygen atoms in total. The van der Waals surface area contributed by atoms with Gasteiger partial charge in [0, 0.05) is 19.5 Å². The summed E-state index contributed by atoms with van der Waals surface area (Å²) in [6.07, 6.45) is 1.99. The predicted octanol–water partition coefficient (Wildman–Crippen LogP) is 4.94. The number of benzene rings is 2. The molecule has 0 bridgehead atoms. The number of rotatable bonds is 9. The van der Waals surface area contributed by atoms with Crippen molar-refractivity contribution in [2.45, 2.75) is 46.6 Å². The van der Waals surface area contributed by atoms with Crippen molar-refractivity contribution < 1.29 is 14.3 Å². The van der Waals surface area contributed by atoms with Gasteiger partial charge in [0.2, 0.25) is 5.91 Å². The number of nitrogens with zero attached hydrogens (tertiary/aromatic N) is 2. The molecule has 2 aromatic carbocycles. The van der Waals surface area contributed by atoms with E-state index in [0.29, 0.717) is 18.7 Å². The Morgan fingerprint density at radius 3 is 2.37 bits per heavy atom. The molecule has 0 aliphatic heterocycles. The number of unbranched alkanes of at least 4 members (excludes halogenated alkanes) is 1. The Bertz CT molecular complexity index is 911. The molecule has 0 aliphatic carbocycles. The zero-order chi connectivity index (χ0) is 22.1. The zero-order valence-electron chi connectivity index (χ0n) is 18.3. The highest BCUT2D eigenvalue weighted by atomic mass is 16.5. The first-order chi connectivity index (χ1) is 14.3. The molecule has 158 valence electrons. The second kappa shape index (κ2) is 10.6. The molecule has 0 aliphatic rings. The molecule has 0 atom stereocenters. The third-order valence-electron chi connectivity index (χ3n) is 5.15. The van der Waals surface area contributed by atoms with Gasteiger partial charge in [-0.3, -0.25) is 9.59 Å². The van der Waals surface area contributed by atoms with Crippen molar-refractivity contribution >= 4 is 11.9 Å². The maximum atomic E-state index is 12.9. The fourth-order valence-corrected chi connectivity index (χ4v) is 3.32. The molecular weight excluding hydrogens is 376 g/mol. The van der Waals surface area contributed by atoms with E-state index in [1.807, 2.05) is 47.4 Å². The van der Waals surface area contributed by atoms with E-state index >= 15 is 0 Å². The number of nitriles is 1. The van der Waals surface area contributed by atoms with Crippen LogP contribution in [0.5, 0.6) is 0 Å². The van der Waals surface area contributed by atoms with Crippen molar-refractivity contribution in [3.8, 4) is 17.2 Å². The fraction of sp³-hybridized carbons (Fsp3) is 0.400. The lowest BCUT2D eigenvalue weighted by Crippen LogP contribution is -2.37. The smallest absolute Gasteiger partial charge is 0.311 e. The van der Waals surface area contributed by atoms with Crippen molar-refractivity contribution in [2.75, 3.05) is 13.7 Å². The van der Waals surface area contributed by atoms with E-state index in [0.717, 1.165) is 29.5 Å². The standard InChI is InChI=1S/C25H30N2O3/c1-5-6-15-27(23(28)16-25(2,3)24(29)30-4)18-19-11-13-20(14-12-19)22-10-8-7-9-21(22)17-26/h7-14H,5-6,15-16,18H2,1-4H3. The lowest BCUT2D eigenvalue weighted by molar-refractivity contribution is -0.154. The van der Waals surface area contributed by atoms with Crippen LogP contribution in [0.25, 0.3) is 11.1 Å². The van der Waals surface area contributed by atoms with Crippen LogP contribution >= 0.6 is 0 Å². The average molecular weight is 407 g/mol. The number of hydrogen-bond donors (Lipinski definition) is 0. The van der Waals surface area contributed by atoms with Gasteiger partial charge in [-0.15, -0.1) is 0 Å². The van der Waals surface area contributed by atoms with Gasteiger partial charge in [-0.1, -0.05) is 55.8 Å². The Labute approximate surface area is 179 Å². The number of esters is 1. The summed E-state index contributed by atoms with van der Waals surface area (Å²) < 4.78 is 4.84. The third-order valence-corrected chi connectivity index (χ3v) is 5.15. The summed E-state index contributed by atoms with van der Waals surface area (Å²) in [6.45, 7) is 6.68. The zero-order valence-corrected chi connectivity index (χ0v) is 18.3. The summed E-state index contributed by atoms with van der Waals surface area (Å²) in [5.41, 5.74) is 2.64. The molecule has 5 heteroatoms. The summed E-state index contributed by atoms with van der Waals surface area (Å²) in [4.78, 5) is 26.7. The number of carbonyl (C=O) groups is 2. The van der Waals surface area contributed by atoms with E-state index < -0.39 is 5.41 Å². The number of carbonyl (C=O) groups excluding carboxylic acids is 2. The molecule has 2 rings (SSSR count). The molecule has 0 N–H and O–H groups in total. The molecule has 30 heavy (non-hydrogen) atoms. The molecule has 0 saturated carbocycles. The van der Waals surface area contributed by atoms with Crippen LogP contribution in [0.3, 0.4) is 0 Å². The van der Waals surface area contributed by atoms with Gasteiger partial charge in [0.05, 0.1) is 24.2 Å². The maximum Gasteiger partial charge on any atom is 0.311 e. The molecular formula is C25H30N2O3. The Morgan fingerprint density at radius 2 is 1.77 bits per heavy atom. The lowest BCUT2D eigenvalue weighted by Gasteiger charge is -2.27. The van der Waals surface area contributed by atoms with Crippen LogP contribution in [0, 0.1) is 16.7 Å². The highest BCUT2D eigenvalue weighted by Gasteiger charge is 2.33. The normalized spacial score (nSPS) is 10.9. The summed E-state index contributed by atoms with van der Waals surface area (Å²) in [6, 6.07) is 17.7. The van der Waals surface area contributed by atoms with Crippen LogP contribution in [0.4, 0.5) is 0 Å². The summed E-state index contributed by atoms with van der Waals surface area (Å²) >= 11 is 0. The third kappa shape index (κ3) is 5.93. The van der Waals surface area contributed by atoms with Gasteiger partial charge in [0.25, 0.3) is 0 Å². The van der Waals surface area contributed by atoms with Gasteiger partial charge >= 0.3 is 5.97 Å². The van der Waals surface area contributed by atoms with Crippen molar-refractivity contribution in [3.63, 3.8) is 0 Å². The number of hydrogen-bond acceptors (Lipinski definition) is 4. The topological polar surface area (TPSA) is 70.4 Å². The van der Waals surface area contributed by atoms with Crippen LogP contribution < -0.4 is 0 Å². The Hall–Kier alpha value is -3.13. The van der Waals surface area contributed by atoms with Gasteiger partial charge in [0.1, 0.15) is 0 Å². The van der Waals surface area contributed by atoms with E-state index in [1.54, 1.807) is 19.9 Å². The molecule has 0 spiro atoms. The lowest BCUT2D eigenvalue weighted by atomic mass is 9.88. The highest BCUT2D eigenvalue weighted by Crippen LogP contribution is 2.26. The highest BCUT2D eigenvalue weighted by molar-refractivity contribution is 5.85. The van der Waals surface area contributed by atoms with Crippen molar-refractivity contribution in [1.29, 1.82) is 5.26 Å². The summed E-state index contributed by atoms with van der Waals surface area (Å²) in [5.74, 6) is -0.440. The Balaban J connectivity index is 2.17. The Morgan fingerprint density at radius 1 is 1.10 bits per heavy atom. The first-order valence-corrected chi connectivity index (χ1v) is 10.3. The van der Waals surface area contributed by atoms with Gasteiger partial charge < -0.3 is 9.64 Å². The first kappa shape index (κ1) is 23.2. The second-order valence-electron chi connectivity index (χ2n) is 8.08. The van der Waals surface area contributed by atoms with Crippen molar-refractivity contribution in [3.05, 3.63) is 59.7 Å². The van der Waals surface area contributed by atoms with Crippen LogP contribution in [-0.2, 0) is 20.9 Å². The minimum Gasteiger partial charge on any atom is -0.469 e. The fourth-order valence-electron chi connectivity index (χ4n) is 3.32. The molecule has 0 radical (unpaired) electrons. The Kier molecular flexibility index (Phi) is 8.17. The molecule has 0 heterocycles. The summed E-state index contributed by atoms with van der Waals surface area (Å²) in [5, 5.41) is 9.32. The second-order valence-corrected chi connectivity index (χ2v) is 8.08. The predicted molar refractivity (Wildman–Crippen MR) is 117 cm³/mol. The van der Waals surface area contributed by atoms with Crippen molar-refractivity contribution in [1.82, 2.24) is 4.90 Å². The quantitative estimate of drug-likeness (QED) is 0.553. The van der Waals surface area contributed by atoms with Crippen LogP contribution in [-0.4, -0.2) is 30.4 Å². The average Bonchev–Trinajstić information content (AvgIpc) is 2.75. The molecule has 1 amide bonds. The van der Waals surface area contributed by atoms with Crippen LogP contribution in [0.2, 0.25) is 0 Å². The monoisotopic (exact) mass is 406 g/mol. The largest absolute Gasteiger partial charge is 0.469 e. The van der Waals surface area contributed by atoms with E-state index in [1.165, 1.54) is 7.11 Å². The maximum absolute atomic E-state index is 12.9. The van der Waals surface area contributed by atoms with Gasteiger partial charge in [-0.25, -0.2) is 0 Å². The van der Waals surface area contributed by atoms with Gasteiger partial charge in [0.15, 0.2) is 0 Å². The van der Waals surface area contributed by atoms with Gasteiger partial charge in [-0.05, 0) is 43.0 Å². The van der Waals surface area contributed by atoms with Gasteiger partial charge in [-0.2, -0.15) is 5.26 Å². The minimum atomic E-state index is -0.860. The number of methoxy groups -OCH3 is 1. The number of ether oxygens (including phenoxy) is 1. The van der Waals surface area contributed by atoms with Crippen molar-refractivity contribution in [2.24, 2.45) is 5.41 Å². The molecule has 0 unspecified atom stereocenters. The molecule has 0 aromatic heterocycles. The van der Waals surface area contributed by atoms with E-state index in [2.05, 4.69) is 13.0 Å². The molecule has 0 fully saturated rings. The summed E-state index contributed by atoms with van der Waals surface area (Å²) in [7, 11) is 1.34. The van der Waals surface area contributed by atoms with E-state index in [9.17, 15) is 14.9 Å². The first-order valence-electron chi connectivity index (χ1n) is 10.3. The molecule has 0 saturated heterocycles. The number of amides is 1. The minimum absolute atomic E-state index is 0.0576. The van der Waals surface area contributed by atoms with Crippen LogP contribution in [0.15, 0.2) is 48.5 Å². The van der Waals surface area contributed by atoms with E-state index in [-0.39, 0.29) is 18.3 Å². The van der Waals surface area contributed by atoms with Crippen LogP contribution in [0.1, 0.15) is 51.2 Å². The SMILES string of the molecule is CCCCN(Cc1ccc(-c2ccccc2C#N)cc1)C(=O)CC(C)(C)C(=O)OC.